The number of benzene rings is 2. The normalized spacial score (nSPS) is 14.8. The third-order valence-electron chi connectivity index (χ3n) is 6.19. The molecule has 1 fully saturated rings. The molecule has 2 N–H and O–H groups in total. The van der Waals surface area contributed by atoms with Crippen molar-refractivity contribution < 1.29 is 13.7 Å². The zero-order chi connectivity index (χ0) is 22.1. The van der Waals surface area contributed by atoms with Gasteiger partial charge in [-0.1, -0.05) is 36.4 Å². The molecule has 0 spiro atoms. The Kier molecular flexibility index (Phi) is 5.34. The molecular formula is C24H24FN5O2. The lowest BCUT2D eigenvalue weighted by Crippen LogP contribution is -2.33. The van der Waals surface area contributed by atoms with Gasteiger partial charge in [-0.05, 0) is 47.7 Å². The van der Waals surface area contributed by atoms with Crippen molar-refractivity contribution >= 4 is 22.8 Å². The lowest BCUT2D eigenvalue weighted by molar-refractivity contribution is 0.0991. The van der Waals surface area contributed by atoms with Crippen LogP contribution in [0.15, 0.2) is 59.1 Å². The van der Waals surface area contributed by atoms with E-state index in [-0.39, 0.29) is 11.7 Å². The lowest BCUT2D eigenvalue weighted by atomic mass is 9.89. The molecule has 32 heavy (non-hydrogen) atoms. The van der Waals surface area contributed by atoms with Gasteiger partial charge in [0.05, 0.1) is 0 Å². The van der Waals surface area contributed by atoms with Gasteiger partial charge in [0.2, 0.25) is 5.89 Å². The Morgan fingerprint density at radius 1 is 1.12 bits per heavy atom. The first-order chi connectivity index (χ1) is 15.6. The number of fused-ring (bicyclic) bond motifs is 1. The van der Waals surface area contributed by atoms with Crippen molar-refractivity contribution in [3.8, 4) is 0 Å². The fraction of sp³-hybridized carbons (Fsp3) is 0.292. The molecule has 4 aromatic rings. The van der Waals surface area contributed by atoms with E-state index in [2.05, 4.69) is 15.0 Å². The van der Waals surface area contributed by atoms with Crippen LogP contribution in [0.5, 0.6) is 0 Å². The summed E-state index contributed by atoms with van der Waals surface area (Å²) in [7, 11) is 0. The molecule has 8 heteroatoms. The van der Waals surface area contributed by atoms with Gasteiger partial charge in [0, 0.05) is 37.0 Å². The monoisotopic (exact) mass is 433 g/mol. The number of nitrogens with two attached hydrogens (primary N) is 1. The molecule has 0 aliphatic carbocycles. The zero-order valence-corrected chi connectivity index (χ0v) is 17.6. The average molecular weight is 433 g/mol. The summed E-state index contributed by atoms with van der Waals surface area (Å²) in [5.74, 6) is 0.655. The number of aromatic nitrogens is 3. The predicted molar refractivity (Wildman–Crippen MR) is 119 cm³/mol. The minimum Gasteiger partial charge on any atom is -0.364 e. The second kappa shape index (κ2) is 8.45. The number of hydrogen-bond acceptors (Lipinski definition) is 5. The number of anilines is 1. The van der Waals surface area contributed by atoms with E-state index >= 15 is 0 Å². The summed E-state index contributed by atoms with van der Waals surface area (Å²) in [5, 5.41) is 5.10. The van der Waals surface area contributed by atoms with Crippen molar-refractivity contribution in [3.63, 3.8) is 0 Å². The number of carbonyl (C=O) groups excluding carboxylic acids is 1. The Balaban J connectivity index is 1.25. The maximum atomic E-state index is 14.1. The standard InChI is InChI=1S/C24H24FN5O2/c25-19-7-3-2-6-18(19)16-9-12-29(13-10-16)24-27-22(32-28-24)11-14-30-20-8-4-1-5-17(20)15-21(30)23(26)31/h1-8,15-16H,9-14H2,(H2,26,31). The number of carbonyl (C=O) groups is 1. The second-order valence-electron chi connectivity index (χ2n) is 8.13. The minimum absolute atomic E-state index is 0.138. The molecule has 5 rings (SSSR count). The van der Waals surface area contributed by atoms with E-state index in [1.807, 2.05) is 41.0 Å². The fourth-order valence-corrected chi connectivity index (χ4v) is 4.54. The number of halogens is 1. The third kappa shape index (κ3) is 3.84. The van der Waals surface area contributed by atoms with Crippen molar-refractivity contribution in [2.45, 2.75) is 31.7 Å². The lowest BCUT2D eigenvalue weighted by Gasteiger charge is -2.31. The maximum absolute atomic E-state index is 14.1. The summed E-state index contributed by atoms with van der Waals surface area (Å²) >= 11 is 0. The third-order valence-corrected chi connectivity index (χ3v) is 6.19. The molecule has 1 saturated heterocycles. The Labute approximate surface area is 184 Å². The van der Waals surface area contributed by atoms with Crippen LogP contribution in [0, 0.1) is 5.82 Å². The van der Waals surface area contributed by atoms with Crippen LogP contribution in [0.2, 0.25) is 0 Å². The van der Waals surface area contributed by atoms with Crippen LogP contribution in [0.4, 0.5) is 10.3 Å². The van der Waals surface area contributed by atoms with Gasteiger partial charge in [-0.2, -0.15) is 4.98 Å². The second-order valence-corrected chi connectivity index (χ2v) is 8.13. The Morgan fingerprint density at radius 3 is 2.66 bits per heavy atom. The fourth-order valence-electron chi connectivity index (χ4n) is 4.54. The summed E-state index contributed by atoms with van der Waals surface area (Å²) in [6.45, 7) is 1.99. The molecule has 0 radical (unpaired) electrons. The van der Waals surface area contributed by atoms with Gasteiger partial charge in [-0.3, -0.25) is 4.79 Å². The molecule has 1 aliphatic rings. The van der Waals surface area contributed by atoms with E-state index in [4.69, 9.17) is 10.3 Å². The number of hydrogen-bond donors (Lipinski definition) is 1. The van der Waals surface area contributed by atoms with Crippen molar-refractivity contribution in [2.75, 3.05) is 18.0 Å². The summed E-state index contributed by atoms with van der Waals surface area (Å²) in [4.78, 5) is 18.5. The van der Waals surface area contributed by atoms with Gasteiger partial charge in [0.15, 0.2) is 0 Å². The van der Waals surface area contributed by atoms with E-state index in [1.54, 1.807) is 12.1 Å². The van der Waals surface area contributed by atoms with E-state index in [9.17, 15) is 9.18 Å². The number of piperidine rings is 1. The summed E-state index contributed by atoms with van der Waals surface area (Å²) in [6.07, 6.45) is 2.15. The quantitative estimate of drug-likeness (QED) is 0.498. The molecule has 1 amide bonds. The Hall–Kier alpha value is -3.68. The van der Waals surface area contributed by atoms with Crippen LogP contribution in [-0.4, -0.2) is 33.7 Å². The van der Waals surface area contributed by atoms with E-state index in [0.29, 0.717) is 30.5 Å². The predicted octanol–water partition coefficient (Wildman–Crippen LogP) is 3.89. The Bertz CT molecular complexity index is 1260. The van der Waals surface area contributed by atoms with Crippen LogP contribution in [0.1, 0.15) is 40.7 Å². The van der Waals surface area contributed by atoms with Crippen LogP contribution < -0.4 is 10.6 Å². The van der Waals surface area contributed by atoms with Crippen LogP contribution in [-0.2, 0) is 13.0 Å². The zero-order valence-electron chi connectivity index (χ0n) is 17.6. The smallest absolute Gasteiger partial charge is 0.266 e. The largest absolute Gasteiger partial charge is 0.364 e. The molecular weight excluding hydrogens is 409 g/mol. The summed E-state index contributed by atoms with van der Waals surface area (Å²) in [5.41, 5.74) is 7.75. The van der Waals surface area contributed by atoms with E-state index in [0.717, 1.165) is 42.4 Å². The maximum Gasteiger partial charge on any atom is 0.266 e. The number of rotatable bonds is 6. The molecule has 164 valence electrons. The first-order valence-electron chi connectivity index (χ1n) is 10.8. The van der Waals surface area contributed by atoms with Crippen LogP contribution >= 0.6 is 0 Å². The van der Waals surface area contributed by atoms with Crippen LogP contribution in [0.25, 0.3) is 10.9 Å². The SMILES string of the molecule is NC(=O)c1cc2ccccc2n1CCc1nc(N2CCC(c3ccccc3F)CC2)no1. The number of aryl methyl sites for hydroxylation is 2. The van der Waals surface area contributed by atoms with Gasteiger partial charge < -0.3 is 19.7 Å². The highest BCUT2D eigenvalue weighted by atomic mass is 19.1. The molecule has 3 heterocycles. The minimum atomic E-state index is -0.467. The molecule has 2 aromatic heterocycles. The van der Waals surface area contributed by atoms with E-state index < -0.39 is 5.91 Å². The van der Waals surface area contributed by atoms with Crippen LogP contribution in [0.3, 0.4) is 0 Å². The van der Waals surface area contributed by atoms with Crippen molar-refractivity contribution in [3.05, 3.63) is 77.6 Å². The summed E-state index contributed by atoms with van der Waals surface area (Å²) < 4.78 is 21.4. The van der Waals surface area contributed by atoms with Gasteiger partial charge in [0.25, 0.3) is 11.9 Å². The number of primary amides is 1. The number of para-hydroxylation sites is 1. The average Bonchev–Trinajstić information content (AvgIpc) is 3.43. The van der Waals surface area contributed by atoms with Gasteiger partial charge in [0.1, 0.15) is 11.5 Å². The highest BCUT2D eigenvalue weighted by Gasteiger charge is 2.25. The van der Waals surface area contributed by atoms with Gasteiger partial charge >= 0.3 is 0 Å². The first-order valence-corrected chi connectivity index (χ1v) is 10.8. The highest BCUT2D eigenvalue weighted by Crippen LogP contribution is 2.31. The summed E-state index contributed by atoms with van der Waals surface area (Å²) in [6, 6.07) is 16.6. The molecule has 0 bridgehead atoms. The van der Waals surface area contributed by atoms with Crippen molar-refractivity contribution in [1.82, 2.24) is 14.7 Å². The highest BCUT2D eigenvalue weighted by molar-refractivity contribution is 5.97. The molecule has 0 unspecified atom stereocenters. The van der Waals surface area contributed by atoms with E-state index in [1.165, 1.54) is 6.07 Å². The molecule has 7 nitrogen and oxygen atoms in total. The van der Waals surface area contributed by atoms with Gasteiger partial charge in [-0.15, -0.1) is 0 Å². The first kappa shape index (κ1) is 20.2. The van der Waals surface area contributed by atoms with Crippen molar-refractivity contribution in [2.24, 2.45) is 5.73 Å². The Morgan fingerprint density at radius 2 is 1.88 bits per heavy atom. The number of amides is 1. The van der Waals surface area contributed by atoms with Gasteiger partial charge in [-0.25, -0.2) is 4.39 Å². The topological polar surface area (TPSA) is 90.2 Å². The molecule has 1 aliphatic heterocycles. The number of nitrogens with zero attached hydrogens (tertiary/aromatic N) is 4. The van der Waals surface area contributed by atoms with Crippen molar-refractivity contribution in [1.29, 1.82) is 0 Å². The molecule has 0 atom stereocenters. The molecule has 2 aromatic carbocycles. The molecule has 0 saturated carbocycles.